The lowest BCUT2D eigenvalue weighted by molar-refractivity contribution is 0.0898. The van der Waals surface area contributed by atoms with E-state index in [4.69, 9.17) is 0 Å². The highest BCUT2D eigenvalue weighted by molar-refractivity contribution is 7.10. The Morgan fingerprint density at radius 2 is 1.81 bits per heavy atom. The Hall–Kier alpha value is -0.630. The minimum atomic E-state index is 0.300. The first-order valence-electron chi connectivity index (χ1n) is 6.37. The minimum Gasteiger partial charge on any atom is -0.294 e. The van der Waals surface area contributed by atoms with E-state index >= 15 is 0 Å². The highest BCUT2D eigenvalue weighted by Gasteiger charge is 2.22. The van der Waals surface area contributed by atoms with Crippen molar-refractivity contribution in [2.45, 2.75) is 51.9 Å². The van der Waals surface area contributed by atoms with E-state index in [1.807, 2.05) is 11.4 Å². The zero-order chi connectivity index (χ0) is 11.4. The van der Waals surface area contributed by atoms with Gasteiger partial charge in [0.15, 0.2) is 5.78 Å². The van der Waals surface area contributed by atoms with E-state index in [1.54, 1.807) is 11.3 Å². The summed E-state index contributed by atoms with van der Waals surface area (Å²) < 4.78 is 0. The summed E-state index contributed by atoms with van der Waals surface area (Å²) >= 11 is 1.69. The monoisotopic (exact) mass is 236 g/mol. The molecule has 16 heavy (non-hydrogen) atoms. The number of aryl methyl sites for hydroxylation is 1. The van der Waals surface area contributed by atoms with Crippen LogP contribution in [-0.2, 0) is 0 Å². The molecule has 1 aliphatic rings. The van der Waals surface area contributed by atoms with Gasteiger partial charge in [-0.2, -0.15) is 0 Å². The standard InChI is InChI=1S/C14H20OS/c1-11-13(9-10-16-11)14(15)12-7-5-3-2-4-6-8-12/h9-10,12H,2-8H2,1H3. The van der Waals surface area contributed by atoms with Crippen LogP contribution in [0.1, 0.15) is 60.2 Å². The molecular weight excluding hydrogens is 216 g/mol. The van der Waals surface area contributed by atoms with E-state index in [2.05, 4.69) is 6.92 Å². The van der Waals surface area contributed by atoms with Crippen LogP contribution in [0, 0.1) is 12.8 Å². The molecule has 0 aromatic carbocycles. The maximum Gasteiger partial charge on any atom is 0.167 e. The molecule has 0 radical (unpaired) electrons. The molecule has 0 atom stereocenters. The summed E-state index contributed by atoms with van der Waals surface area (Å²) in [5, 5.41) is 2.03. The van der Waals surface area contributed by atoms with Gasteiger partial charge in [-0.05, 0) is 31.2 Å². The fourth-order valence-electron chi connectivity index (χ4n) is 2.58. The lowest BCUT2D eigenvalue weighted by Crippen LogP contribution is -2.16. The maximum absolute atomic E-state index is 12.4. The van der Waals surface area contributed by atoms with Crippen LogP contribution < -0.4 is 0 Å². The van der Waals surface area contributed by atoms with Crippen molar-refractivity contribution in [3.63, 3.8) is 0 Å². The molecular formula is C14H20OS. The van der Waals surface area contributed by atoms with Crippen molar-refractivity contribution in [2.24, 2.45) is 5.92 Å². The lowest BCUT2D eigenvalue weighted by atomic mass is 9.86. The first kappa shape index (κ1) is 11.8. The molecule has 88 valence electrons. The summed E-state index contributed by atoms with van der Waals surface area (Å²) in [6.45, 7) is 2.06. The second-order valence-electron chi connectivity index (χ2n) is 4.80. The molecule has 1 aliphatic carbocycles. The number of rotatable bonds is 2. The van der Waals surface area contributed by atoms with Gasteiger partial charge in [-0.1, -0.05) is 32.1 Å². The average molecular weight is 236 g/mol. The molecule has 0 amide bonds. The van der Waals surface area contributed by atoms with Crippen LogP contribution in [0.15, 0.2) is 11.4 Å². The fraction of sp³-hybridized carbons (Fsp3) is 0.643. The second-order valence-corrected chi connectivity index (χ2v) is 5.92. The molecule has 1 nitrogen and oxygen atoms in total. The smallest absolute Gasteiger partial charge is 0.167 e. The fourth-order valence-corrected chi connectivity index (χ4v) is 3.28. The van der Waals surface area contributed by atoms with Crippen molar-refractivity contribution in [1.82, 2.24) is 0 Å². The van der Waals surface area contributed by atoms with Crippen LogP contribution in [0.25, 0.3) is 0 Å². The van der Waals surface area contributed by atoms with E-state index in [0.717, 1.165) is 18.4 Å². The molecule has 0 N–H and O–H groups in total. The van der Waals surface area contributed by atoms with Crippen molar-refractivity contribution in [3.05, 3.63) is 21.9 Å². The highest BCUT2D eigenvalue weighted by Crippen LogP contribution is 2.27. The number of carbonyl (C=O) groups excluding carboxylic acids is 1. The molecule has 0 unspecified atom stereocenters. The van der Waals surface area contributed by atoms with Crippen LogP contribution in [-0.4, -0.2) is 5.78 Å². The van der Waals surface area contributed by atoms with E-state index in [-0.39, 0.29) is 0 Å². The quantitative estimate of drug-likeness (QED) is 0.686. The number of ketones is 1. The molecule has 0 aliphatic heterocycles. The van der Waals surface area contributed by atoms with Gasteiger partial charge in [0, 0.05) is 16.4 Å². The number of carbonyl (C=O) groups is 1. The minimum absolute atomic E-state index is 0.300. The van der Waals surface area contributed by atoms with Crippen LogP contribution >= 0.6 is 11.3 Å². The van der Waals surface area contributed by atoms with Crippen molar-refractivity contribution >= 4 is 17.1 Å². The van der Waals surface area contributed by atoms with E-state index in [1.165, 1.54) is 37.0 Å². The van der Waals surface area contributed by atoms with Gasteiger partial charge in [0.1, 0.15) is 0 Å². The molecule has 2 heteroatoms. The van der Waals surface area contributed by atoms with Gasteiger partial charge < -0.3 is 0 Å². The van der Waals surface area contributed by atoms with Gasteiger partial charge in [-0.25, -0.2) is 0 Å². The topological polar surface area (TPSA) is 17.1 Å². The van der Waals surface area contributed by atoms with E-state index in [0.29, 0.717) is 11.7 Å². The number of hydrogen-bond acceptors (Lipinski definition) is 2. The molecule has 0 spiro atoms. The zero-order valence-corrected chi connectivity index (χ0v) is 10.8. The van der Waals surface area contributed by atoms with Gasteiger partial charge in [0.25, 0.3) is 0 Å². The van der Waals surface area contributed by atoms with E-state index in [9.17, 15) is 4.79 Å². The first-order valence-corrected chi connectivity index (χ1v) is 7.25. The van der Waals surface area contributed by atoms with Crippen molar-refractivity contribution in [1.29, 1.82) is 0 Å². The van der Waals surface area contributed by atoms with Crippen LogP contribution in [0.4, 0.5) is 0 Å². The van der Waals surface area contributed by atoms with Crippen molar-refractivity contribution in [3.8, 4) is 0 Å². The Bertz CT molecular complexity index is 345. The molecule has 0 saturated heterocycles. The first-order chi connectivity index (χ1) is 7.79. The average Bonchev–Trinajstić information content (AvgIpc) is 2.63. The zero-order valence-electron chi connectivity index (χ0n) is 10.00. The SMILES string of the molecule is Cc1sccc1C(=O)C1CCCCCCC1. The molecule has 1 aromatic heterocycles. The van der Waals surface area contributed by atoms with Crippen molar-refractivity contribution < 1.29 is 4.79 Å². The van der Waals surface area contributed by atoms with Crippen LogP contribution in [0.2, 0.25) is 0 Å². The van der Waals surface area contributed by atoms with Gasteiger partial charge in [0.2, 0.25) is 0 Å². The van der Waals surface area contributed by atoms with Crippen LogP contribution in [0.3, 0.4) is 0 Å². The predicted octanol–water partition coefficient (Wildman–Crippen LogP) is 4.60. The lowest BCUT2D eigenvalue weighted by Gasteiger charge is -2.18. The summed E-state index contributed by atoms with van der Waals surface area (Å²) in [5.41, 5.74) is 0.982. The molecule has 1 heterocycles. The van der Waals surface area contributed by atoms with Gasteiger partial charge in [-0.3, -0.25) is 4.79 Å². The summed E-state index contributed by atoms with van der Waals surface area (Å²) in [4.78, 5) is 13.5. The van der Waals surface area contributed by atoms with Crippen LogP contribution in [0.5, 0.6) is 0 Å². The van der Waals surface area contributed by atoms with Gasteiger partial charge in [0.05, 0.1) is 0 Å². The third-order valence-electron chi connectivity index (χ3n) is 3.60. The van der Waals surface area contributed by atoms with Crippen molar-refractivity contribution in [2.75, 3.05) is 0 Å². The summed E-state index contributed by atoms with van der Waals surface area (Å²) in [6, 6.07) is 2.00. The Kier molecular flexibility index (Phi) is 4.16. The molecule has 0 bridgehead atoms. The second kappa shape index (κ2) is 5.62. The highest BCUT2D eigenvalue weighted by atomic mass is 32.1. The third-order valence-corrected chi connectivity index (χ3v) is 4.45. The normalized spacial score (nSPS) is 19.1. The largest absolute Gasteiger partial charge is 0.294 e. The number of Topliss-reactive ketones (excluding diaryl/α,β-unsaturated/α-hetero) is 1. The summed E-state index contributed by atoms with van der Waals surface area (Å²) in [7, 11) is 0. The summed E-state index contributed by atoms with van der Waals surface area (Å²) in [5.74, 6) is 0.703. The Balaban J connectivity index is 2.05. The Morgan fingerprint density at radius 3 is 2.38 bits per heavy atom. The van der Waals surface area contributed by atoms with Gasteiger partial charge >= 0.3 is 0 Å². The molecule has 1 saturated carbocycles. The molecule has 1 fully saturated rings. The predicted molar refractivity (Wildman–Crippen MR) is 69.2 cm³/mol. The van der Waals surface area contributed by atoms with Gasteiger partial charge in [-0.15, -0.1) is 11.3 Å². The number of thiophene rings is 1. The van der Waals surface area contributed by atoms with E-state index < -0.39 is 0 Å². The third kappa shape index (κ3) is 2.73. The summed E-state index contributed by atoms with van der Waals surface area (Å²) in [6.07, 6.45) is 8.67. The molecule has 2 rings (SSSR count). The Morgan fingerprint density at radius 1 is 1.19 bits per heavy atom. The Labute approximate surface area is 102 Å². The number of hydrogen-bond donors (Lipinski definition) is 0. The molecule has 1 aromatic rings. The maximum atomic E-state index is 12.4.